The van der Waals surface area contributed by atoms with Gasteiger partial charge in [-0.2, -0.15) is 0 Å². The quantitative estimate of drug-likeness (QED) is 0.581. The topological polar surface area (TPSA) is 58.2 Å². The Balaban J connectivity index is 1.47. The molecule has 2 amide bonds. The molecule has 1 fully saturated rings. The minimum absolute atomic E-state index is 0.00233. The molecule has 1 aliphatic carbocycles. The first-order valence-electron chi connectivity index (χ1n) is 10.9. The second-order valence-electron chi connectivity index (χ2n) is 8.30. The van der Waals surface area contributed by atoms with Gasteiger partial charge in [0.05, 0.1) is 0 Å². The third kappa shape index (κ3) is 5.02. The van der Waals surface area contributed by atoms with Crippen LogP contribution in [0, 0.1) is 0 Å². The van der Waals surface area contributed by atoms with E-state index in [0.29, 0.717) is 18.5 Å². The second kappa shape index (κ2) is 9.61. The molecule has 0 aromatic heterocycles. The highest BCUT2D eigenvalue weighted by molar-refractivity contribution is 5.97. The summed E-state index contributed by atoms with van der Waals surface area (Å²) in [6.07, 6.45) is 3.75. The number of nitrogens with one attached hydrogen (secondary N) is 2. The largest absolute Gasteiger partial charge is 0.353 e. The van der Waals surface area contributed by atoms with Crippen LogP contribution in [0.25, 0.3) is 0 Å². The molecule has 0 spiro atoms. The summed E-state index contributed by atoms with van der Waals surface area (Å²) in [5.41, 5.74) is 2.83. The lowest BCUT2D eigenvalue weighted by atomic mass is 9.64. The Kier molecular flexibility index (Phi) is 6.46. The average Bonchev–Trinajstić information content (AvgIpc) is 2.80. The predicted octanol–water partition coefficient (Wildman–Crippen LogP) is 4.27. The Hall–Kier alpha value is -3.40. The highest BCUT2D eigenvalue weighted by atomic mass is 16.2. The molecule has 1 aliphatic rings. The van der Waals surface area contributed by atoms with Crippen molar-refractivity contribution in [1.82, 2.24) is 10.6 Å². The van der Waals surface area contributed by atoms with E-state index in [0.717, 1.165) is 18.4 Å². The predicted molar refractivity (Wildman–Crippen MR) is 123 cm³/mol. The van der Waals surface area contributed by atoms with Gasteiger partial charge in [0.25, 0.3) is 5.91 Å². The van der Waals surface area contributed by atoms with Crippen molar-refractivity contribution in [3.05, 3.63) is 108 Å². The molecule has 3 aromatic carbocycles. The molecule has 4 heteroatoms. The number of carbonyl (C=O) groups excluding carboxylic acids is 2. The summed E-state index contributed by atoms with van der Waals surface area (Å²) in [4.78, 5) is 26.0. The molecule has 31 heavy (non-hydrogen) atoms. The third-order valence-electron chi connectivity index (χ3n) is 6.24. The molecule has 0 saturated heterocycles. The maximum Gasteiger partial charge on any atom is 0.251 e. The van der Waals surface area contributed by atoms with Crippen molar-refractivity contribution in [2.45, 2.75) is 37.1 Å². The fraction of sp³-hybridized carbons (Fsp3) is 0.259. The van der Waals surface area contributed by atoms with Crippen LogP contribution in [0.2, 0.25) is 0 Å². The fourth-order valence-corrected chi connectivity index (χ4v) is 4.23. The van der Waals surface area contributed by atoms with Gasteiger partial charge >= 0.3 is 0 Å². The second-order valence-corrected chi connectivity index (χ2v) is 8.30. The van der Waals surface area contributed by atoms with Crippen LogP contribution in [-0.4, -0.2) is 24.4 Å². The first-order valence-corrected chi connectivity index (χ1v) is 10.9. The summed E-state index contributed by atoms with van der Waals surface area (Å²) in [5.74, 6) is -0.381. The van der Waals surface area contributed by atoms with E-state index in [-0.39, 0.29) is 17.2 Å². The van der Waals surface area contributed by atoms with Gasteiger partial charge in [-0.15, -0.1) is 0 Å². The minimum atomic E-state index is -0.636. The van der Waals surface area contributed by atoms with Crippen LogP contribution in [0.4, 0.5) is 0 Å². The highest BCUT2D eigenvalue weighted by Gasteiger charge is 2.39. The van der Waals surface area contributed by atoms with Gasteiger partial charge in [0.15, 0.2) is 0 Å². The molecule has 1 unspecified atom stereocenters. The van der Waals surface area contributed by atoms with Crippen molar-refractivity contribution in [3.8, 4) is 0 Å². The first-order chi connectivity index (χ1) is 15.2. The molecular formula is C27H28N2O2. The van der Waals surface area contributed by atoms with E-state index >= 15 is 0 Å². The van der Waals surface area contributed by atoms with Gasteiger partial charge in [-0.3, -0.25) is 9.59 Å². The Morgan fingerprint density at radius 1 is 0.806 bits per heavy atom. The number of hydrogen-bond acceptors (Lipinski definition) is 2. The van der Waals surface area contributed by atoms with Gasteiger partial charge in [-0.1, -0.05) is 85.3 Å². The monoisotopic (exact) mass is 412 g/mol. The fourth-order valence-electron chi connectivity index (χ4n) is 4.23. The Bertz CT molecular complexity index is 999. The van der Waals surface area contributed by atoms with Crippen molar-refractivity contribution in [3.63, 3.8) is 0 Å². The van der Waals surface area contributed by atoms with Crippen LogP contribution in [0.1, 0.15) is 40.7 Å². The van der Waals surface area contributed by atoms with Gasteiger partial charge in [0, 0.05) is 23.9 Å². The summed E-state index contributed by atoms with van der Waals surface area (Å²) in [6.45, 7) is 0.586. The van der Waals surface area contributed by atoms with Gasteiger partial charge in [-0.25, -0.2) is 0 Å². The molecule has 2 N–H and O–H groups in total. The van der Waals surface area contributed by atoms with Gasteiger partial charge in [-0.05, 0) is 36.1 Å². The SMILES string of the molecule is O=C(NC(Cc1ccccc1)C(=O)NCC1(c2ccccc2)CCC1)c1ccccc1. The van der Waals surface area contributed by atoms with Crippen LogP contribution >= 0.6 is 0 Å². The lowest BCUT2D eigenvalue weighted by molar-refractivity contribution is -0.123. The van der Waals surface area contributed by atoms with Crippen LogP contribution in [0.3, 0.4) is 0 Å². The molecule has 0 aliphatic heterocycles. The Morgan fingerprint density at radius 3 is 1.97 bits per heavy atom. The molecule has 0 heterocycles. The number of rotatable bonds is 8. The molecule has 0 bridgehead atoms. The summed E-state index contributed by atoms with van der Waals surface area (Å²) in [6, 6.07) is 28.6. The molecule has 158 valence electrons. The maximum atomic E-state index is 13.2. The number of carbonyl (C=O) groups is 2. The number of amides is 2. The summed E-state index contributed by atoms with van der Waals surface area (Å²) < 4.78 is 0. The van der Waals surface area contributed by atoms with E-state index in [2.05, 4.69) is 34.9 Å². The van der Waals surface area contributed by atoms with Crippen LogP contribution in [0.5, 0.6) is 0 Å². The summed E-state index contributed by atoms with van der Waals surface area (Å²) >= 11 is 0. The zero-order chi connectivity index (χ0) is 21.5. The van der Waals surface area contributed by atoms with E-state index in [9.17, 15) is 9.59 Å². The van der Waals surface area contributed by atoms with E-state index in [4.69, 9.17) is 0 Å². The lowest BCUT2D eigenvalue weighted by Crippen LogP contribution is -2.52. The molecule has 4 nitrogen and oxygen atoms in total. The van der Waals surface area contributed by atoms with E-state index < -0.39 is 6.04 Å². The Labute approximate surface area is 183 Å². The van der Waals surface area contributed by atoms with Crippen molar-refractivity contribution in [2.24, 2.45) is 0 Å². The van der Waals surface area contributed by atoms with Gasteiger partial charge < -0.3 is 10.6 Å². The first kappa shape index (κ1) is 20.9. The van der Waals surface area contributed by atoms with Crippen molar-refractivity contribution in [1.29, 1.82) is 0 Å². The third-order valence-corrected chi connectivity index (χ3v) is 6.24. The number of benzene rings is 3. The normalized spacial score (nSPS) is 15.4. The van der Waals surface area contributed by atoms with Gasteiger partial charge in [0.1, 0.15) is 6.04 Å². The molecule has 0 radical (unpaired) electrons. The molecule has 1 atom stereocenters. The zero-order valence-corrected chi connectivity index (χ0v) is 17.6. The lowest BCUT2D eigenvalue weighted by Gasteiger charge is -2.43. The van der Waals surface area contributed by atoms with Crippen LogP contribution in [-0.2, 0) is 16.6 Å². The van der Waals surface area contributed by atoms with Crippen molar-refractivity contribution >= 4 is 11.8 Å². The van der Waals surface area contributed by atoms with E-state index in [1.54, 1.807) is 12.1 Å². The summed E-state index contributed by atoms with van der Waals surface area (Å²) in [5, 5.41) is 6.09. The standard InChI is InChI=1S/C27H28N2O2/c30-25(22-13-6-2-7-14-22)29-24(19-21-11-4-1-5-12-21)26(31)28-20-27(17-10-18-27)23-15-8-3-9-16-23/h1-9,11-16,24H,10,17-20H2,(H,28,31)(H,29,30). The van der Waals surface area contributed by atoms with Gasteiger partial charge in [0.2, 0.25) is 5.91 Å². The maximum absolute atomic E-state index is 13.2. The van der Waals surface area contributed by atoms with E-state index in [1.807, 2.05) is 54.6 Å². The van der Waals surface area contributed by atoms with E-state index in [1.165, 1.54) is 12.0 Å². The zero-order valence-electron chi connectivity index (χ0n) is 17.6. The summed E-state index contributed by atoms with van der Waals surface area (Å²) in [7, 11) is 0. The highest BCUT2D eigenvalue weighted by Crippen LogP contribution is 2.43. The smallest absolute Gasteiger partial charge is 0.251 e. The molecule has 4 rings (SSSR count). The Morgan fingerprint density at radius 2 is 1.39 bits per heavy atom. The van der Waals surface area contributed by atoms with Crippen molar-refractivity contribution in [2.75, 3.05) is 6.54 Å². The number of hydrogen-bond donors (Lipinski definition) is 2. The molecular weight excluding hydrogens is 384 g/mol. The van der Waals surface area contributed by atoms with Crippen molar-refractivity contribution < 1.29 is 9.59 Å². The van der Waals surface area contributed by atoms with Crippen LogP contribution in [0.15, 0.2) is 91.0 Å². The molecule has 1 saturated carbocycles. The van der Waals surface area contributed by atoms with Crippen LogP contribution < -0.4 is 10.6 Å². The minimum Gasteiger partial charge on any atom is -0.353 e. The average molecular weight is 413 g/mol. The molecule has 3 aromatic rings.